The van der Waals surface area contributed by atoms with E-state index in [1.54, 1.807) is 44.2 Å². The monoisotopic (exact) mass is 1790 g/mol. The first kappa shape index (κ1) is 92.5. The third-order valence-corrected chi connectivity index (χ3v) is 22.1. The number of nitrogens with zero attached hydrogens (tertiary/aromatic N) is 2. The lowest BCUT2D eigenvalue weighted by molar-refractivity contribution is -0.319. The quantitative estimate of drug-likeness (QED) is 0.0263. The van der Waals surface area contributed by atoms with E-state index < -0.39 is 255 Å². The number of nitrogens with one attached hydrogen (secondary N) is 10. The molecule has 0 aliphatic carbocycles. The molecule has 1 aromatic heterocycles. The molecule has 125 heavy (non-hydrogen) atoms. The first-order valence-electron chi connectivity index (χ1n) is 39.3. The van der Waals surface area contributed by atoms with Gasteiger partial charge in [-0.15, -0.1) is 0 Å². The Balaban J connectivity index is 0.981. The van der Waals surface area contributed by atoms with E-state index in [1.165, 1.54) is 49.0 Å². The molecule has 21 N–H and O–H groups in total. The molecular formula is C83H92Cl3N13O26. The minimum atomic E-state index is -2.36. The average molecular weight is 1790 g/mol. The number of halogens is 3. The summed E-state index contributed by atoms with van der Waals surface area (Å²) in [6.45, 7) is 7.02. The maximum atomic E-state index is 16.3. The Morgan fingerprint density at radius 3 is 2.03 bits per heavy atom. The standard InChI is InChI=1S/C83H92Cl3N13O26/c1-35(2)23-36(3)74(111)96-66-68(107)40-11-16-53(47(85)25-40)122-55-27-42-28-56(71(55)125-81-72(70(109)52(103)33-119-81)124-61-32-83(5,73(110)37(4)121-61)89-20-22-99-21-19-58(92-82(99)118)91-59(105)18-9-38-7-13-43(84)14-8-38)123-54-17-12-41(26-48(54)86)69(108)67-79(116)95-65(80(117)98-120-34-60(106)88-6)46-29-44(100)30-51(102)62(46)45-24-39(10-15-50(45)101)63(76(113)97-67)94-77(114)64(42)93-75(112)49(31-57(87)104)90-78(66)115/h7-19,21,24-30,35-37,49,52,60-61,63-70,72-73,81,88-89,100-103,106-110H,20,22-23,31-34H2,1-6H3,(H2,87,104)(H,90,115)(H,93,112)(H,94,114)(H,95,116)(H,96,111)(H,97,113)(H,98,117)(H,91,92,105,118)/b18-9+/t36-,37+,49+,52-,60?,61+,63-,64-,65-,66-,67+,68-,69-,70+,72-,73-,81+,83+/m1/s1. The number of phenols is 3. The summed E-state index contributed by atoms with van der Waals surface area (Å²) in [4.78, 5) is 155. The number of likely N-dealkylation sites (N-methyl/N-ethyl adjacent to an activating group) is 1. The molecule has 9 amide bonds. The molecule has 39 nitrogen and oxygen atoms in total. The summed E-state index contributed by atoms with van der Waals surface area (Å²) in [6.07, 6.45) is -13.9. The number of ether oxygens (including phenoxy) is 6. The number of fused-ring (bicyclic) bond motifs is 15. The number of amides is 9. The Labute approximate surface area is 727 Å². The minimum absolute atomic E-state index is 0.00875. The SMILES string of the molecule is CNC(O)CONC(=O)[C@@H]1NC(=O)[C@H]2NC(=O)[C@H](NC(=O)[C@@H]3NC(=O)[C@H](CC(N)=O)NC(=O)[C@H](NC(=O)[C@H](C)CC(C)C)[C@H](O)c4ccc(c(Cl)c4)Oc4cc3cc(c4O[C@@H]3OC[C@@H](O)[C@H](O)[C@H]3O[C@H]3C[C@](C)(NCCn4ccc(NC(=O)/C=C/c5ccc(Cl)cc5)nc4=O)[C@H](O)[C@H](C)O3)Oc3ccc(cc3Cl)[C@H]2O)c2ccc(O)c(c2)-c2c(O)cc(O)cc21. The molecule has 6 aromatic carbocycles. The number of hydrogen-bond donors (Lipinski definition) is 20. The van der Waals surface area contributed by atoms with E-state index in [2.05, 4.69) is 58.3 Å². The van der Waals surface area contributed by atoms with Crippen molar-refractivity contribution >= 4 is 99.9 Å². The fraction of sp³-hybridized carbons (Fsp3) is 0.386. The topological polar surface area (TPSA) is 582 Å². The number of hydroxylamine groups is 1. The van der Waals surface area contributed by atoms with Crippen molar-refractivity contribution in [1.29, 1.82) is 0 Å². The lowest BCUT2D eigenvalue weighted by atomic mass is 9.85. The number of aromatic hydroxyl groups is 3. The second kappa shape index (κ2) is 39.7. The van der Waals surface area contributed by atoms with E-state index >= 15 is 19.2 Å². The van der Waals surface area contributed by atoms with Crippen LogP contribution in [-0.2, 0) is 68.7 Å². The first-order valence-corrected chi connectivity index (χ1v) is 40.4. The molecule has 18 atom stereocenters. The lowest BCUT2D eigenvalue weighted by Crippen LogP contribution is -2.64. The van der Waals surface area contributed by atoms with Crippen LogP contribution in [0.4, 0.5) is 5.82 Å². The molecule has 7 aliphatic rings. The van der Waals surface area contributed by atoms with E-state index in [4.69, 9.17) is 73.8 Å². The maximum Gasteiger partial charge on any atom is 0.349 e. The Kier molecular flexibility index (Phi) is 29.4. The van der Waals surface area contributed by atoms with Crippen LogP contribution in [0, 0.1) is 11.8 Å². The molecule has 0 radical (unpaired) electrons. The number of aliphatic hydroxyl groups is 6. The molecule has 0 saturated carbocycles. The van der Waals surface area contributed by atoms with Crippen LogP contribution in [0.1, 0.15) is 118 Å². The number of hydrogen-bond acceptors (Lipinski definition) is 29. The van der Waals surface area contributed by atoms with E-state index in [0.29, 0.717) is 10.6 Å². The Bertz CT molecular complexity index is 5360. The van der Waals surface area contributed by atoms with Crippen LogP contribution < -0.4 is 79.0 Å². The van der Waals surface area contributed by atoms with Gasteiger partial charge in [0.25, 0.3) is 5.91 Å². The van der Waals surface area contributed by atoms with E-state index in [-0.39, 0.29) is 65.1 Å². The number of aliphatic hydroxyl groups excluding tert-OH is 6. The number of aromatic nitrogens is 2. The Hall–Kier alpha value is -11.6. The van der Waals surface area contributed by atoms with Crippen LogP contribution in [0.15, 0.2) is 126 Å². The van der Waals surface area contributed by atoms with Gasteiger partial charge in [0, 0.05) is 65.5 Å². The molecule has 2 saturated heterocycles. The van der Waals surface area contributed by atoms with Gasteiger partial charge in [-0.25, -0.2) is 10.3 Å². The molecule has 2 fully saturated rings. The highest BCUT2D eigenvalue weighted by atomic mass is 35.5. The Morgan fingerprint density at radius 1 is 0.736 bits per heavy atom. The number of rotatable bonds is 22. The van der Waals surface area contributed by atoms with Gasteiger partial charge in [0.2, 0.25) is 59.3 Å². The summed E-state index contributed by atoms with van der Waals surface area (Å²) < 4.78 is 40.5. The van der Waals surface area contributed by atoms with Crippen LogP contribution in [-0.4, -0.2) is 208 Å². The summed E-state index contributed by atoms with van der Waals surface area (Å²) in [5.74, 6) is -16.7. The van der Waals surface area contributed by atoms with Crippen LogP contribution in [0.3, 0.4) is 0 Å². The highest BCUT2D eigenvalue weighted by Gasteiger charge is 2.50. The molecule has 8 heterocycles. The van der Waals surface area contributed by atoms with Crippen molar-refractivity contribution in [3.63, 3.8) is 0 Å². The maximum absolute atomic E-state index is 16.3. The third kappa shape index (κ3) is 21.8. The smallest absolute Gasteiger partial charge is 0.349 e. The zero-order chi connectivity index (χ0) is 90.3. The summed E-state index contributed by atoms with van der Waals surface area (Å²) in [7, 11) is 1.36. The molecule has 0 spiro atoms. The van der Waals surface area contributed by atoms with Crippen molar-refractivity contribution in [2.45, 2.75) is 164 Å². The summed E-state index contributed by atoms with van der Waals surface area (Å²) in [5, 5.41) is 128. The summed E-state index contributed by atoms with van der Waals surface area (Å²) in [5.41, 5.74) is 3.71. The average Bonchev–Trinajstić information content (AvgIpc) is 0.766. The van der Waals surface area contributed by atoms with Gasteiger partial charge < -0.3 is 123 Å². The highest BCUT2D eigenvalue weighted by Crippen LogP contribution is 2.50. The number of anilines is 1. The van der Waals surface area contributed by atoms with Gasteiger partial charge in [-0.2, -0.15) is 4.98 Å². The molecule has 14 rings (SSSR count). The van der Waals surface area contributed by atoms with Gasteiger partial charge in [0.05, 0.1) is 35.3 Å². The third-order valence-electron chi connectivity index (χ3n) is 21.3. The van der Waals surface area contributed by atoms with Gasteiger partial charge in [-0.05, 0) is 145 Å². The summed E-state index contributed by atoms with van der Waals surface area (Å²) in [6, 6.07) is 8.77. The molecule has 11 bridgehead atoms. The highest BCUT2D eigenvalue weighted by molar-refractivity contribution is 6.32. The van der Waals surface area contributed by atoms with Gasteiger partial charge in [-0.1, -0.05) is 85.9 Å². The van der Waals surface area contributed by atoms with Gasteiger partial charge in [0.15, 0.2) is 23.9 Å². The van der Waals surface area contributed by atoms with Crippen molar-refractivity contribution in [3.8, 4) is 57.1 Å². The molecule has 1 unspecified atom stereocenters. The zero-order valence-electron chi connectivity index (χ0n) is 67.5. The van der Waals surface area contributed by atoms with Gasteiger partial charge in [-0.3, -0.25) is 57.9 Å². The number of carbonyl (C=O) groups is 9. The van der Waals surface area contributed by atoms with Gasteiger partial charge >= 0.3 is 5.69 Å². The summed E-state index contributed by atoms with van der Waals surface area (Å²) >= 11 is 20.3. The molecule has 7 aromatic rings. The zero-order valence-corrected chi connectivity index (χ0v) is 69.8. The van der Waals surface area contributed by atoms with E-state index in [0.717, 1.165) is 66.7 Å². The Morgan fingerprint density at radius 2 is 1.38 bits per heavy atom. The van der Waals surface area contributed by atoms with Crippen molar-refractivity contribution in [2.75, 3.05) is 32.1 Å². The molecule has 666 valence electrons. The van der Waals surface area contributed by atoms with Gasteiger partial charge in [0.1, 0.15) is 108 Å². The van der Waals surface area contributed by atoms with E-state index in [1.807, 2.05) is 13.8 Å². The first-order chi connectivity index (χ1) is 59.3. The number of nitrogens with two attached hydrogens (primary N) is 1. The minimum Gasteiger partial charge on any atom is -0.508 e. The second-order valence-corrected chi connectivity index (χ2v) is 32.3. The van der Waals surface area contributed by atoms with Crippen molar-refractivity contribution in [3.05, 3.63) is 180 Å². The predicted molar refractivity (Wildman–Crippen MR) is 443 cm³/mol. The predicted octanol–water partition coefficient (Wildman–Crippen LogP) is 2.49. The molecular weight excluding hydrogens is 1700 g/mol. The van der Waals surface area contributed by atoms with Crippen molar-refractivity contribution < 1.29 is 122 Å². The lowest BCUT2D eigenvalue weighted by Gasteiger charge is -2.47. The number of carbonyl (C=O) groups excluding carboxylic acids is 9. The normalized spacial score (nSPS) is 25.7. The van der Waals surface area contributed by atoms with Crippen molar-refractivity contribution in [1.82, 2.24) is 57.6 Å². The number of primary amides is 1. The molecule has 7 aliphatic heterocycles. The largest absolute Gasteiger partial charge is 0.508 e. The van der Waals surface area contributed by atoms with Crippen LogP contribution >= 0.6 is 34.8 Å². The molecule has 42 heteroatoms. The second-order valence-electron chi connectivity index (χ2n) is 31.1. The number of phenolic OH excluding ortho intramolecular Hbond substituents is 3. The van der Waals surface area contributed by atoms with Crippen LogP contribution in [0.5, 0.6) is 46.0 Å². The number of benzene rings is 6. The fourth-order valence-electron chi connectivity index (χ4n) is 14.8. The van der Waals surface area contributed by atoms with E-state index in [9.17, 15) is 74.7 Å². The fourth-order valence-corrected chi connectivity index (χ4v) is 15.4. The van der Waals surface area contributed by atoms with Crippen LogP contribution in [0.25, 0.3) is 17.2 Å². The van der Waals surface area contributed by atoms with Crippen molar-refractivity contribution in [2.24, 2.45) is 17.6 Å². The van der Waals surface area contributed by atoms with Crippen LogP contribution in [0.2, 0.25) is 15.1 Å².